The van der Waals surface area contributed by atoms with Crippen molar-refractivity contribution >= 4 is 18.0 Å². The highest BCUT2D eigenvalue weighted by Crippen LogP contribution is 2.29. The summed E-state index contributed by atoms with van der Waals surface area (Å²) in [5.41, 5.74) is 0.405. The molecule has 174 valence electrons. The standard InChI is InChI=1S/C25H22N2O7/c1-30-19-6-8-20(9-7-19)33-16-24(28)34-22-10-5-17(13-23(22)31-2)12-18(14-26)25(29)27-15-21-4-3-11-32-21/h3-13H,15-16H2,1-2H3,(H,27,29)/b18-12+. The average Bonchev–Trinajstić information content (AvgIpc) is 3.39. The number of benzene rings is 2. The van der Waals surface area contributed by atoms with Gasteiger partial charge in [0.15, 0.2) is 18.1 Å². The van der Waals surface area contributed by atoms with Crippen LogP contribution in [0.2, 0.25) is 0 Å². The van der Waals surface area contributed by atoms with Crippen LogP contribution in [0.25, 0.3) is 6.08 Å². The van der Waals surface area contributed by atoms with E-state index in [1.54, 1.807) is 55.6 Å². The lowest BCUT2D eigenvalue weighted by Gasteiger charge is -2.11. The summed E-state index contributed by atoms with van der Waals surface area (Å²) in [5.74, 6) is 0.956. The van der Waals surface area contributed by atoms with E-state index in [1.807, 2.05) is 6.07 Å². The molecule has 0 radical (unpaired) electrons. The number of nitrogens with zero attached hydrogens (tertiary/aromatic N) is 1. The fourth-order valence-corrected chi connectivity index (χ4v) is 2.82. The Hall–Kier alpha value is -4.71. The molecule has 0 aliphatic heterocycles. The lowest BCUT2D eigenvalue weighted by atomic mass is 10.1. The number of hydrogen-bond acceptors (Lipinski definition) is 8. The second-order valence-electron chi connectivity index (χ2n) is 6.78. The number of nitriles is 1. The van der Waals surface area contributed by atoms with Gasteiger partial charge in [0.05, 0.1) is 27.0 Å². The first-order valence-corrected chi connectivity index (χ1v) is 10.1. The van der Waals surface area contributed by atoms with E-state index in [0.717, 1.165) is 0 Å². The zero-order chi connectivity index (χ0) is 24.3. The molecule has 2 aromatic carbocycles. The molecular weight excluding hydrogens is 440 g/mol. The molecule has 9 nitrogen and oxygen atoms in total. The van der Waals surface area contributed by atoms with Crippen molar-refractivity contribution < 1.29 is 33.0 Å². The summed E-state index contributed by atoms with van der Waals surface area (Å²) in [6.07, 6.45) is 2.90. The van der Waals surface area contributed by atoms with Crippen LogP contribution in [0.4, 0.5) is 0 Å². The maximum absolute atomic E-state index is 12.3. The molecule has 9 heteroatoms. The number of rotatable bonds is 10. The lowest BCUT2D eigenvalue weighted by molar-refractivity contribution is -0.136. The van der Waals surface area contributed by atoms with E-state index in [9.17, 15) is 14.9 Å². The van der Waals surface area contributed by atoms with E-state index in [0.29, 0.717) is 22.8 Å². The number of hydrogen-bond donors (Lipinski definition) is 1. The van der Waals surface area contributed by atoms with E-state index >= 15 is 0 Å². The van der Waals surface area contributed by atoms with Crippen molar-refractivity contribution in [2.45, 2.75) is 6.54 Å². The zero-order valence-corrected chi connectivity index (χ0v) is 18.6. The molecule has 1 amide bonds. The number of ether oxygens (including phenoxy) is 4. The zero-order valence-electron chi connectivity index (χ0n) is 18.6. The van der Waals surface area contributed by atoms with Gasteiger partial charge >= 0.3 is 5.97 Å². The monoisotopic (exact) mass is 462 g/mol. The van der Waals surface area contributed by atoms with Gasteiger partial charge in [-0.2, -0.15) is 5.26 Å². The summed E-state index contributed by atoms with van der Waals surface area (Å²) in [5, 5.41) is 12.0. The minimum absolute atomic E-state index is 0.105. The van der Waals surface area contributed by atoms with Gasteiger partial charge < -0.3 is 28.7 Å². The third-order valence-electron chi connectivity index (χ3n) is 4.51. The summed E-state index contributed by atoms with van der Waals surface area (Å²) >= 11 is 0. The average molecular weight is 462 g/mol. The molecule has 0 saturated carbocycles. The van der Waals surface area contributed by atoms with Gasteiger partial charge in [-0.1, -0.05) is 6.07 Å². The Morgan fingerprint density at radius 3 is 2.44 bits per heavy atom. The number of nitrogens with one attached hydrogen (secondary N) is 1. The normalized spacial score (nSPS) is 10.7. The van der Waals surface area contributed by atoms with Crippen LogP contribution in [-0.2, 0) is 16.1 Å². The molecule has 0 saturated heterocycles. The van der Waals surface area contributed by atoms with Crippen molar-refractivity contribution in [3.63, 3.8) is 0 Å². The van der Waals surface area contributed by atoms with E-state index in [4.69, 9.17) is 23.4 Å². The van der Waals surface area contributed by atoms with Crippen molar-refractivity contribution in [1.82, 2.24) is 5.32 Å². The molecule has 34 heavy (non-hydrogen) atoms. The molecule has 0 spiro atoms. The molecule has 1 heterocycles. The number of furan rings is 1. The van der Waals surface area contributed by atoms with Crippen molar-refractivity contribution in [3.8, 4) is 29.1 Å². The van der Waals surface area contributed by atoms with Crippen LogP contribution in [-0.4, -0.2) is 32.7 Å². The Morgan fingerprint density at radius 1 is 1.03 bits per heavy atom. The van der Waals surface area contributed by atoms with Gasteiger partial charge in [-0.05, 0) is 60.2 Å². The summed E-state index contributed by atoms with van der Waals surface area (Å²) in [6.45, 7) is -0.160. The highest BCUT2D eigenvalue weighted by Gasteiger charge is 2.14. The maximum atomic E-state index is 12.3. The number of esters is 1. The second-order valence-corrected chi connectivity index (χ2v) is 6.78. The maximum Gasteiger partial charge on any atom is 0.349 e. The smallest absolute Gasteiger partial charge is 0.349 e. The van der Waals surface area contributed by atoms with Crippen LogP contribution in [0, 0.1) is 11.3 Å². The van der Waals surface area contributed by atoms with Crippen molar-refractivity contribution in [3.05, 3.63) is 77.8 Å². The second kappa shape index (κ2) is 11.8. The van der Waals surface area contributed by atoms with E-state index in [2.05, 4.69) is 5.32 Å². The molecule has 0 aliphatic rings. The quantitative estimate of drug-likeness (QED) is 0.210. The van der Waals surface area contributed by atoms with Gasteiger partial charge in [-0.3, -0.25) is 4.79 Å². The van der Waals surface area contributed by atoms with Crippen LogP contribution in [0.1, 0.15) is 11.3 Å². The van der Waals surface area contributed by atoms with Crippen LogP contribution in [0.3, 0.4) is 0 Å². The summed E-state index contributed by atoms with van der Waals surface area (Å²) in [4.78, 5) is 24.5. The Kier molecular flexibility index (Phi) is 8.30. The minimum atomic E-state index is -0.632. The van der Waals surface area contributed by atoms with E-state index in [-0.39, 0.29) is 30.2 Å². The van der Waals surface area contributed by atoms with Crippen LogP contribution in [0.15, 0.2) is 70.9 Å². The predicted octanol–water partition coefficient (Wildman–Crippen LogP) is 3.50. The highest BCUT2D eigenvalue weighted by atomic mass is 16.6. The Morgan fingerprint density at radius 2 is 1.79 bits per heavy atom. The SMILES string of the molecule is COc1ccc(OCC(=O)Oc2ccc(/C=C(\C#N)C(=O)NCc3ccco3)cc2OC)cc1. The Bertz CT molecular complexity index is 1190. The lowest BCUT2D eigenvalue weighted by Crippen LogP contribution is -2.23. The topological polar surface area (TPSA) is 120 Å². The molecule has 1 aromatic heterocycles. The molecule has 3 aromatic rings. The van der Waals surface area contributed by atoms with Gasteiger partial charge in [-0.25, -0.2) is 4.79 Å². The first kappa shape index (κ1) is 23.9. The molecule has 0 bridgehead atoms. The molecular formula is C25H22N2O7. The van der Waals surface area contributed by atoms with Gasteiger partial charge in [0.25, 0.3) is 5.91 Å². The van der Waals surface area contributed by atoms with Crippen LogP contribution < -0.4 is 24.3 Å². The van der Waals surface area contributed by atoms with Crippen LogP contribution >= 0.6 is 0 Å². The predicted molar refractivity (Wildman–Crippen MR) is 121 cm³/mol. The molecule has 0 aliphatic carbocycles. The number of carbonyl (C=O) groups excluding carboxylic acids is 2. The van der Waals surface area contributed by atoms with Crippen LogP contribution in [0.5, 0.6) is 23.0 Å². The third-order valence-corrected chi connectivity index (χ3v) is 4.51. The number of methoxy groups -OCH3 is 2. The Balaban J connectivity index is 1.62. The third kappa shape index (κ3) is 6.64. The molecule has 1 N–H and O–H groups in total. The van der Waals surface area contributed by atoms with Gasteiger partial charge in [-0.15, -0.1) is 0 Å². The fraction of sp³-hybridized carbons (Fsp3) is 0.160. The minimum Gasteiger partial charge on any atom is -0.497 e. The first-order valence-electron chi connectivity index (χ1n) is 10.1. The molecule has 0 fully saturated rings. The van der Waals surface area contributed by atoms with Gasteiger partial charge in [0.1, 0.15) is 28.9 Å². The molecule has 3 rings (SSSR count). The van der Waals surface area contributed by atoms with Crippen molar-refractivity contribution in [2.24, 2.45) is 0 Å². The number of amides is 1. The van der Waals surface area contributed by atoms with E-state index < -0.39 is 11.9 Å². The largest absolute Gasteiger partial charge is 0.497 e. The van der Waals surface area contributed by atoms with Crippen molar-refractivity contribution in [2.75, 3.05) is 20.8 Å². The fourth-order valence-electron chi connectivity index (χ4n) is 2.82. The van der Waals surface area contributed by atoms with Crippen molar-refractivity contribution in [1.29, 1.82) is 5.26 Å². The highest BCUT2D eigenvalue weighted by molar-refractivity contribution is 6.01. The first-order chi connectivity index (χ1) is 16.5. The molecule has 0 atom stereocenters. The van der Waals surface area contributed by atoms with Gasteiger partial charge in [0, 0.05) is 0 Å². The Labute approximate surface area is 196 Å². The summed E-state index contributed by atoms with van der Waals surface area (Å²) in [7, 11) is 2.97. The molecule has 0 unspecified atom stereocenters. The van der Waals surface area contributed by atoms with Gasteiger partial charge in [0.2, 0.25) is 0 Å². The summed E-state index contributed by atoms with van der Waals surface area (Å²) in [6, 6.07) is 16.7. The summed E-state index contributed by atoms with van der Waals surface area (Å²) < 4.78 is 26.3. The van der Waals surface area contributed by atoms with E-state index in [1.165, 1.54) is 25.5 Å². The number of carbonyl (C=O) groups is 2.